The van der Waals surface area contributed by atoms with E-state index in [2.05, 4.69) is 5.32 Å². The number of hydrogen-bond donors (Lipinski definition) is 1. The summed E-state index contributed by atoms with van der Waals surface area (Å²) in [5.41, 5.74) is 1.07. The van der Waals surface area contributed by atoms with Gasteiger partial charge in [-0.05, 0) is 49.2 Å². The highest BCUT2D eigenvalue weighted by molar-refractivity contribution is 5.99. The average Bonchev–Trinajstić information content (AvgIpc) is 2.81. The van der Waals surface area contributed by atoms with E-state index in [1.54, 1.807) is 37.3 Å². The summed E-state index contributed by atoms with van der Waals surface area (Å²) in [5.74, 6) is -1.12. The summed E-state index contributed by atoms with van der Waals surface area (Å²) >= 11 is 0. The summed E-state index contributed by atoms with van der Waals surface area (Å²) in [5, 5.41) is 2.69. The number of likely N-dealkylation sites (N-methyl/N-ethyl adjacent to an activating group) is 1. The third-order valence-corrected chi connectivity index (χ3v) is 6.28. The molecule has 3 rings (SSSR count). The van der Waals surface area contributed by atoms with E-state index in [-0.39, 0.29) is 48.6 Å². The number of fused-ring (bicyclic) bond motifs is 1. The largest absolute Gasteiger partial charge is 0.491 e. The van der Waals surface area contributed by atoms with E-state index >= 15 is 0 Å². The van der Waals surface area contributed by atoms with Gasteiger partial charge in [0.05, 0.1) is 11.7 Å². The minimum Gasteiger partial charge on any atom is -0.491 e. The first-order valence-electron chi connectivity index (χ1n) is 11.6. The van der Waals surface area contributed by atoms with Crippen LogP contribution in [0.5, 0.6) is 5.75 Å². The molecule has 1 N–H and O–H groups in total. The Morgan fingerprint density at radius 2 is 1.91 bits per heavy atom. The summed E-state index contributed by atoms with van der Waals surface area (Å²) in [6, 6.07) is 8.17. The first-order chi connectivity index (χ1) is 16.6. The summed E-state index contributed by atoms with van der Waals surface area (Å²) in [7, 11) is 3.28. The third kappa shape index (κ3) is 6.76. The molecule has 0 bridgehead atoms. The Bertz CT molecular complexity index is 1060. The van der Waals surface area contributed by atoms with Gasteiger partial charge in [-0.2, -0.15) is 0 Å². The molecule has 0 fully saturated rings. The Labute approximate surface area is 205 Å². The molecule has 0 saturated heterocycles. The zero-order valence-corrected chi connectivity index (χ0v) is 20.8. The van der Waals surface area contributed by atoms with E-state index in [4.69, 9.17) is 9.47 Å². The minimum absolute atomic E-state index is 0.0288. The van der Waals surface area contributed by atoms with Gasteiger partial charge < -0.3 is 19.7 Å². The van der Waals surface area contributed by atoms with Gasteiger partial charge in [0, 0.05) is 58.0 Å². The standard InChI is InChI=1S/C26H33F2N3O4/c1-16-12-31(13-19-10-20(27)6-8-23(19)28)17(2)15-35-24-9-7-21(29-18(3)32)11-22(24)26(33)30(4)14-25(16)34-5/h6-11,16-17,25H,12-15H2,1-5H3,(H,29,32)/t16-,17+,25-/m0/s1. The van der Waals surface area contributed by atoms with E-state index < -0.39 is 11.6 Å². The highest BCUT2D eigenvalue weighted by Gasteiger charge is 2.29. The van der Waals surface area contributed by atoms with Crippen LogP contribution in [0.2, 0.25) is 0 Å². The minimum atomic E-state index is -0.494. The number of benzene rings is 2. The van der Waals surface area contributed by atoms with Crippen molar-refractivity contribution in [2.24, 2.45) is 5.92 Å². The molecule has 1 heterocycles. The Hall–Kier alpha value is -3.04. The van der Waals surface area contributed by atoms with Crippen LogP contribution in [0, 0.1) is 17.6 Å². The maximum atomic E-state index is 14.4. The van der Waals surface area contributed by atoms with E-state index in [1.807, 2.05) is 18.7 Å². The van der Waals surface area contributed by atoms with Gasteiger partial charge in [-0.1, -0.05) is 6.92 Å². The van der Waals surface area contributed by atoms with Gasteiger partial charge in [0.15, 0.2) is 0 Å². The fraction of sp³-hybridized carbons (Fsp3) is 0.462. The van der Waals surface area contributed by atoms with Crippen molar-refractivity contribution >= 4 is 17.5 Å². The van der Waals surface area contributed by atoms with Crippen LogP contribution in [-0.4, -0.2) is 67.6 Å². The average molecular weight is 490 g/mol. The fourth-order valence-electron chi connectivity index (χ4n) is 4.24. The van der Waals surface area contributed by atoms with Crippen LogP contribution < -0.4 is 10.1 Å². The van der Waals surface area contributed by atoms with Crippen molar-refractivity contribution < 1.29 is 27.8 Å². The highest BCUT2D eigenvalue weighted by atomic mass is 19.1. The van der Waals surface area contributed by atoms with Gasteiger partial charge in [-0.15, -0.1) is 0 Å². The van der Waals surface area contributed by atoms with Crippen molar-refractivity contribution in [3.8, 4) is 5.75 Å². The molecule has 0 aliphatic carbocycles. The van der Waals surface area contributed by atoms with Gasteiger partial charge in [0.1, 0.15) is 24.0 Å². The Balaban J connectivity index is 1.96. The predicted molar refractivity (Wildman–Crippen MR) is 129 cm³/mol. The molecule has 0 radical (unpaired) electrons. The summed E-state index contributed by atoms with van der Waals surface area (Å²) in [6.07, 6.45) is -0.293. The lowest BCUT2D eigenvalue weighted by atomic mass is 10.0. The van der Waals surface area contributed by atoms with E-state index in [0.29, 0.717) is 30.1 Å². The summed E-state index contributed by atoms with van der Waals surface area (Å²) in [4.78, 5) is 28.4. The van der Waals surface area contributed by atoms with Crippen molar-refractivity contribution in [3.63, 3.8) is 0 Å². The molecule has 2 aromatic carbocycles. The summed E-state index contributed by atoms with van der Waals surface area (Å²) in [6.45, 7) is 6.58. The number of carbonyl (C=O) groups excluding carboxylic acids is 2. The molecule has 0 spiro atoms. The number of hydrogen-bond acceptors (Lipinski definition) is 5. The molecular formula is C26H33F2N3O4. The zero-order valence-electron chi connectivity index (χ0n) is 20.8. The number of nitrogens with one attached hydrogen (secondary N) is 1. The number of halogens is 2. The molecule has 3 atom stereocenters. The lowest BCUT2D eigenvalue weighted by molar-refractivity contribution is -0.114. The van der Waals surface area contributed by atoms with E-state index in [1.165, 1.54) is 13.0 Å². The monoisotopic (exact) mass is 489 g/mol. The molecule has 0 unspecified atom stereocenters. The Kier molecular flexibility index (Phi) is 8.80. The molecule has 190 valence electrons. The van der Waals surface area contributed by atoms with Gasteiger partial charge in [0.2, 0.25) is 5.91 Å². The molecular weight excluding hydrogens is 456 g/mol. The van der Waals surface area contributed by atoms with E-state index in [9.17, 15) is 18.4 Å². The second-order valence-corrected chi connectivity index (χ2v) is 9.15. The highest BCUT2D eigenvalue weighted by Crippen LogP contribution is 2.27. The molecule has 0 saturated carbocycles. The first kappa shape index (κ1) is 26.6. The molecule has 1 aliphatic heterocycles. The molecule has 1 aliphatic rings. The van der Waals surface area contributed by atoms with Crippen LogP contribution >= 0.6 is 0 Å². The van der Waals surface area contributed by atoms with E-state index in [0.717, 1.165) is 12.1 Å². The number of anilines is 1. The van der Waals surface area contributed by atoms with Crippen molar-refractivity contribution in [3.05, 3.63) is 59.2 Å². The van der Waals surface area contributed by atoms with Gasteiger partial charge in [0.25, 0.3) is 5.91 Å². The Morgan fingerprint density at radius 1 is 1.17 bits per heavy atom. The van der Waals surface area contributed by atoms with Crippen molar-refractivity contribution in [1.29, 1.82) is 0 Å². The van der Waals surface area contributed by atoms with Crippen molar-refractivity contribution in [2.75, 3.05) is 39.2 Å². The molecule has 0 aromatic heterocycles. The van der Waals surface area contributed by atoms with Crippen molar-refractivity contribution in [2.45, 2.75) is 39.5 Å². The van der Waals surface area contributed by atoms with Gasteiger partial charge in [-0.25, -0.2) is 8.78 Å². The number of carbonyl (C=O) groups is 2. The maximum Gasteiger partial charge on any atom is 0.257 e. The molecule has 2 amide bonds. The maximum absolute atomic E-state index is 14.4. The quantitative estimate of drug-likeness (QED) is 0.705. The summed E-state index contributed by atoms with van der Waals surface area (Å²) < 4.78 is 40.0. The smallest absolute Gasteiger partial charge is 0.257 e. The number of ether oxygens (including phenoxy) is 2. The van der Waals surface area contributed by atoms with Gasteiger partial charge >= 0.3 is 0 Å². The Morgan fingerprint density at radius 3 is 2.60 bits per heavy atom. The lowest BCUT2D eigenvalue weighted by Crippen LogP contribution is -2.46. The number of rotatable bonds is 4. The fourth-order valence-corrected chi connectivity index (χ4v) is 4.24. The number of methoxy groups -OCH3 is 1. The zero-order chi connectivity index (χ0) is 25.7. The lowest BCUT2D eigenvalue weighted by Gasteiger charge is -2.36. The predicted octanol–water partition coefficient (Wildman–Crippen LogP) is 3.93. The van der Waals surface area contributed by atoms with Crippen molar-refractivity contribution in [1.82, 2.24) is 9.80 Å². The number of nitrogens with zero attached hydrogens (tertiary/aromatic N) is 2. The first-order valence-corrected chi connectivity index (χ1v) is 11.6. The molecule has 7 nitrogen and oxygen atoms in total. The van der Waals surface area contributed by atoms with Crippen LogP contribution in [0.25, 0.3) is 0 Å². The van der Waals surface area contributed by atoms with Crippen LogP contribution in [0.15, 0.2) is 36.4 Å². The molecule has 2 aromatic rings. The van der Waals surface area contributed by atoms with Crippen LogP contribution in [0.4, 0.5) is 14.5 Å². The van der Waals surface area contributed by atoms with Crippen LogP contribution in [-0.2, 0) is 16.1 Å². The molecule has 9 heteroatoms. The normalized spacial score (nSPS) is 22.0. The topological polar surface area (TPSA) is 71.1 Å². The van der Waals surface area contributed by atoms with Crippen LogP contribution in [0.1, 0.15) is 36.7 Å². The molecule has 35 heavy (non-hydrogen) atoms. The van der Waals surface area contributed by atoms with Gasteiger partial charge in [-0.3, -0.25) is 14.5 Å². The second-order valence-electron chi connectivity index (χ2n) is 9.15. The second kappa shape index (κ2) is 11.6. The third-order valence-electron chi connectivity index (χ3n) is 6.28. The van der Waals surface area contributed by atoms with Crippen LogP contribution in [0.3, 0.4) is 0 Å². The number of amides is 2. The SMILES string of the molecule is CO[C@H]1CN(C)C(=O)c2cc(NC(C)=O)ccc2OC[C@@H](C)N(Cc2cc(F)ccc2F)C[C@@H]1C.